The first-order valence-corrected chi connectivity index (χ1v) is 9.85. The predicted octanol–water partition coefficient (Wildman–Crippen LogP) is -0.0387. The van der Waals surface area contributed by atoms with Gasteiger partial charge in [0, 0.05) is 6.54 Å². The molecule has 0 bridgehead atoms. The highest BCUT2D eigenvalue weighted by Gasteiger charge is 2.40. The molecule has 13 heteroatoms. The first kappa shape index (κ1) is 19.8. The standard InChI is InChI=1S/C10H21N4O7PS/c1-10(2,3)21-9(16)12-7-5-4-6-14(8(7)15)22(11,17)13-23(18,19)20/h7H,4-6H2,1-3H3,(H,12,16)(H3,11,13,17)(H,18,19,20)/t7-,22+/m0/s1. The quantitative estimate of drug-likeness (QED) is 0.394. The van der Waals surface area contributed by atoms with Crippen molar-refractivity contribution in [3.05, 3.63) is 0 Å². The summed E-state index contributed by atoms with van der Waals surface area (Å²) in [5, 5.41) is 2.32. The molecule has 0 spiro atoms. The summed E-state index contributed by atoms with van der Waals surface area (Å²) in [6, 6.07) is -1.06. The number of nitrogens with one attached hydrogen (secondary N) is 2. The zero-order chi connectivity index (χ0) is 18.1. The van der Waals surface area contributed by atoms with Gasteiger partial charge in [-0.05, 0) is 33.6 Å². The molecular formula is C10H21N4O7PS. The summed E-state index contributed by atoms with van der Waals surface area (Å²) in [6.07, 6.45) is -0.270. The summed E-state index contributed by atoms with van der Waals surface area (Å²) >= 11 is 0. The van der Waals surface area contributed by atoms with Gasteiger partial charge < -0.3 is 10.1 Å². The second-order valence-electron chi connectivity index (χ2n) is 5.99. The average Bonchev–Trinajstić information content (AvgIpc) is 2.25. The van der Waals surface area contributed by atoms with E-state index in [9.17, 15) is 22.6 Å². The Hall–Kier alpha value is -1.20. The fourth-order valence-electron chi connectivity index (χ4n) is 1.95. The van der Waals surface area contributed by atoms with Gasteiger partial charge in [0.2, 0.25) is 0 Å². The van der Waals surface area contributed by atoms with Crippen molar-refractivity contribution in [2.75, 3.05) is 6.54 Å². The van der Waals surface area contributed by atoms with Crippen LogP contribution < -0.4 is 15.3 Å². The number of nitrogens with zero attached hydrogens (tertiary/aromatic N) is 1. The van der Waals surface area contributed by atoms with Crippen LogP contribution in [0.3, 0.4) is 0 Å². The van der Waals surface area contributed by atoms with Crippen molar-refractivity contribution in [1.82, 2.24) is 14.5 Å². The molecule has 1 rings (SSSR count). The molecule has 1 saturated heterocycles. The Bertz CT molecular complexity index is 630. The van der Waals surface area contributed by atoms with Crippen LogP contribution in [-0.4, -0.2) is 47.8 Å². The van der Waals surface area contributed by atoms with Gasteiger partial charge in [0.05, 0.1) is 0 Å². The lowest BCUT2D eigenvalue weighted by atomic mass is 10.1. The molecule has 1 heterocycles. The summed E-state index contributed by atoms with van der Waals surface area (Å²) in [7, 11) is -9.23. The third kappa shape index (κ3) is 6.43. The first-order valence-electron chi connectivity index (χ1n) is 6.68. The van der Waals surface area contributed by atoms with Crippen LogP contribution in [0.5, 0.6) is 0 Å². The monoisotopic (exact) mass is 372 g/mol. The molecule has 0 aromatic rings. The van der Waals surface area contributed by atoms with Crippen LogP contribution in [0.1, 0.15) is 33.6 Å². The number of rotatable bonds is 4. The van der Waals surface area contributed by atoms with Gasteiger partial charge >= 0.3 is 24.0 Å². The summed E-state index contributed by atoms with van der Waals surface area (Å²) in [4.78, 5) is 23.9. The van der Waals surface area contributed by atoms with E-state index in [0.717, 1.165) is 0 Å². The SMILES string of the molecule is CC(C)(C)OC(=O)N[C@H]1CCCN([P@](N)(=O)NS(=O)(=O)O)C1=O. The minimum atomic E-state index is -4.86. The molecule has 2 amide bonds. The van der Waals surface area contributed by atoms with Gasteiger partial charge in [-0.3, -0.25) is 24.1 Å². The van der Waals surface area contributed by atoms with Gasteiger partial charge in [-0.1, -0.05) is 0 Å². The van der Waals surface area contributed by atoms with Crippen LogP contribution in [0, 0.1) is 0 Å². The summed E-state index contributed by atoms with van der Waals surface area (Å²) in [5.41, 5.74) is 4.56. The number of ether oxygens (including phenoxy) is 1. The number of amides is 2. The van der Waals surface area contributed by atoms with Crippen molar-refractivity contribution in [2.45, 2.75) is 45.3 Å². The van der Waals surface area contributed by atoms with Gasteiger partial charge in [-0.15, -0.1) is 4.49 Å². The highest BCUT2D eigenvalue weighted by Crippen LogP contribution is 2.40. The van der Waals surface area contributed by atoms with Gasteiger partial charge in [0.1, 0.15) is 11.6 Å². The lowest BCUT2D eigenvalue weighted by Gasteiger charge is -2.35. The van der Waals surface area contributed by atoms with E-state index in [4.69, 9.17) is 14.8 Å². The van der Waals surface area contributed by atoms with Crippen LogP contribution in [0.15, 0.2) is 0 Å². The fraction of sp³-hybridized carbons (Fsp3) is 0.800. The normalized spacial score (nSPS) is 22.4. The molecule has 1 fully saturated rings. The molecule has 1 aliphatic heterocycles. The fourth-order valence-corrected chi connectivity index (χ4v) is 4.54. The van der Waals surface area contributed by atoms with Crippen LogP contribution in [0.25, 0.3) is 0 Å². The Morgan fingerprint density at radius 3 is 2.52 bits per heavy atom. The van der Waals surface area contributed by atoms with E-state index in [1.807, 2.05) is 0 Å². The van der Waals surface area contributed by atoms with E-state index in [2.05, 4.69) is 5.32 Å². The second kappa shape index (κ2) is 6.73. The molecule has 23 heavy (non-hydrogen) atoms. The van der Waals surface area contributed by atoms with Crippen LogP contribution in [0.4, 0.5) is 4.79 Å². The Balaban J connectivity index is 2.83. The van der Waals surface area contributed by atoms with Gasteiger partial charge in [0.15, 0.2) is 0 Å². The predicted molar refractivity (Wildman–Crippen MR) is 80.6 cm³/mol. The zero-order valence-electron chi connectivity index (χ0n) is 13.0. The molecule has 1 aliphatic rings. The van der Waals surface area contributed by atoms with E-state index in [1.165, 1.54) is 4.49 Å². The molecule has 5 N–H and O–H groups in total. The molecule has 0 aromatic carbocycles. The lowest BCUT2D eigenvalue weighted by molar-refractivity contribution is -0.130. The Morgan fingerprint density at radius 1 is 1.48 bits per heavy atom. The number of hydrogen-bond donors (Lipinski definition) is 4. The van der Waals surface area contributed by atoms with Crippen molar-refractivity contribution in [1.29, 1.82) is 0 Å². The maximum atomic E-state index is 12.2. The highest BCUT2D eigenvalue weighted by atomic mass is 32.2. The Kier molecular flexibility index (Phi) is 5.81. The molecule has 0 aliphatic carbocycles. The minimum absolute atomic E-state index is 0.0817. The second-order valence-corrected chi connectivity index (χ2v) is 9.40. The topological polar surface area (TPSA) is 168 Å². The average molecular weight is 372 g/mol. The van der Waals surface area contributed by atoms with Crippen molar-refractivity contribution in [3.8, 4) is 0 Å². The van der Waals surface area contributed by atoms with E-state index in [-0.39, 0.29) is 13.0 Å². The maximum Gasteiger partial charge on any atom is 0.408 e. The molecule has 0 unspecified atom stereocenters. The summed E-state index contributed by atoms with van der Waals surface area (Å²) in [6.45, 7) is 4.85. The minimum Gasteiger partial charge on any atom is -0.444 e. The van der Waals surface area contributed by atoms with E-state index < -0.39 is 41.5 Å². The van der Waals surface area contributed by atoms with E-state index >= 15 is 0 Å². The largest absolute Gasteiger partial charge is 0.444 e. The first-order chi connectivity index (χ1) is 10.2. The highest BCUT2D eigenvalue weighted by molar-refractivity contribution is 7.90. The number of carbonyl (C=O) groups excluding carboxylic acids is 2. The van der Waals surface area contributed by atoms with Crippen LogP contribution in [0.2, 0.25) is 0 Å². The third-order valence-corrected chi connectivity index (χ3v) is 5.79. The number of hydrogen-bond acceptors (Lipinski definition) is 6. The van der Waals surface area contributed by atoms with Crippen molar-refractivity contribution in [3.63, 3.8) is 0 Å². The lowest BCUT2D eigenvalue weighted by Crippen LogP contribution is -2.54. The smallest absolute Gasteiger partial charge is 0.408 e. The number of alkyl carbamates (subject to hydrolysis) is 1. The number of carbonyl (C=O) groups is 2. The maximum absolute atomic E-state index is 12.2. The molecular weight excluding hydrogens is 351 g/mol. The summed E-state index contributed by atoms with van der Waals surface area (Å²) in [5.74, 6) is -0.830. The van der Waals surface area contributed by atoms with Gasteiger partial charge in [0.25, 0.3) is 5.91 Å². The molecule has 0 radical (unpaired) electrons. The third-order valence-electron chi connectivity index (χ3n) is 2.71. The molecule has 0 aromatic heterocycles. The molecule has 2 atom stereocenters. The van der Waals surface area contributed by atoms with E-state index in [0.29, 0.717) is 11.1 Å². The number of piperidine rings is 1. The Morgan fingerprint density at radius 2 is 2.04 bits per heavy atom. The van der Waals surface area contributed by atoms with Crippen LogP contribution in [-0.2, 0) is 24.4 Å². The molecule has 134 valence electrons. The zero-order valence-corrected chi connectivity index (χ0v) is 14.7. The van der Waals surface area contributed by atoms with Gasteiger partial charge in [-0.25, -0.2) is 4.79 Å². The van der Waals surface area contributed by atoms with Gasteiger partial charge in [-0.2, -0.15) is 8.42 Å². The molecule has 11 nitrogen and oxygen atoms in total. The molecule has 0 saturated carbocycles. The van der Waals surface area contributed by atoms with Crippen LogP contribution >= 0.6 is 7.59 Å². The van der Waals surface area contributed by atoms with Crippen molar-refractivity contribution < 1.29 is 31.9 Å². The Labute approximate surface area is 134 Å². The van der Waals surface area contributed by atoms with Crippen molar-refractivity contribution in [2.24, 2.45) is 5.50 Å². The van der Waals surface area contributed by atoms with Crippen molar-refractivity contribution >= 4 is 29.9 Å². The summed E-state index contributed by atoms with van der Waals surface area (Å²) < 4.78 is 49.3. The van der Waals surface area contributed by atoms with E-state index in [1.54, 1.807) is 20.8 Å². The number of nitrogens with two attached hydrogens (primary N) is 1.